The van der Waals surface area contributed by atoms with Crippen LogP contribution in [-0.2, 0) is 5.54 Å². The molecule has 0 aromatic carbocycles. The lowest BCUT2D eigenvalue weighted by atomic mass is 9.95. The molecule has 2 aromatic rings. The van der Waals surface area contributed by atoms with E-state index in [0.29, 0.717) is 16.8 Å². The number of carboxylic acids is 1. The van der Waals surface area contributed by atoms with E-state index in [2.05, 4.69) is 11.9 Å². The maximum atomic E-state index is 12.4. The maximum Gasteiger partial charge on any atom is 0.341 e. The minimum atomic E-state index is -1.23. The number of nitrogens with zero attached hydrogens (tertiary/aromatic N) is 2. The highest BCUT2D eigenvalue weighted by Crippen LogP contribution is 2.28. The summed E-state index contributed by atoms with van der Waals surface area (Å²) < 4.78 is 7.03. The lowest BCUT2D eigenvalue weighted by molar-refractivity contribution is 0.0694. The second-order valence-corrected chi connectivity index (χ2v) is 6.56. The zero-order chi connectivity index (χ0) is 17.9. The van der Waals surface area contributed by atoms with Gasteiger partial charge in [0.2, 0.25) is 11.3 Å². The zero-order valence-electron chi connectivity index (χ0n) is 14.6. The van der Waals surface area contributed by atoms with Crippen LogP contribution in [0.4, 0.5) is 0 Å². The minimum absolute atomic E-state index is 0.238. The molecule has 0 atom stereocenters. The van der Waals surface area contributed by atoms with Crippen LogP contribution in [0.2, 0.25) is 0 Å². The highest BCUT2D eigenvalue weighted by Gasteiger charge is 2.25. The predicted molar refractivity (Wildman–Crippen MR) is 93.0 cm³/mol. The molecule has 130 valence electrons. The SMILES string of the molecule is CCCCCC(C)(C)n1cc(C(=O)O)c(=O)c2cnc(OC)cc21. The van der Waals surface area contributed by atoms with Gasteiger partial charge in [0.25, 0.3) is 0 Å². The van der Waals surface area contributed by atoms with E-state index in [1.54, 1.807) is 6.07 Å². The summed E-state index contributed by atoms with van der Waals surface area (Å²) in [5.41, 5.74) is -0.456. The van der Waals surface area contributed by atoms with Crippen molar-refractivity contribution in [1.29, 1.82) is 0 Å². The van der Waals surface area contributed by atoms with E-state index < -0.39 is 11.4 Å². The lowest BCUT2D eigenvalue weighted by Crippen LogP contribution is -2.30. The Labute approximate surface area is 141 Å². The third-order valence-electron chi connectivity index (χ3n) is 4.35. The molecular weight excluding hydrogens is 308 g/mol. The number of methoxy groups -OCH3 is 1. The summed E-state index contributed by atoms with van der Waals surface area (Å²) in [5.74, 6) is -0.834. The van der Waals surface area contributed by atoms with E-state index in [1.807, 2.05) is 18.4 Å². The number of carboxylic acid groups (broad SMARTS) is 1. The summed E-state index contributed by atoms with van der Waals surface area (Å²) in [4.78, 5) is 28.0. The molecular formula is C18H24N2O4. The van der Waals surface area contributed by atoms with E-state index in [1.165, 1.54) is 19.5 Å². The Morgan fingerprint density at radius 1 is 1.38 bits per heavy atom. The molecule has 0 saturated carbocycles. The van der Waals surface area contributed by atoms with Crippen LogP contribution in [0.1, 0.15) is 56.8 Å². The number of rotatable bonds is 7. The second kappa shape index (κ2) is 7.03. The monoisotopic (exact) mass is 332 g/mol. The summed E-state index contributed by atoms with van der Waals surface area (Å²) in [6, 6.07) is 1.68. The minimum Gasteiger partial charge on any atom is -0.481 e. The molecule has 0 bridgehead atoms. The molecule has 2 heterocycles. The van der Waals surface area contributed by atoms with Gasteiger partial charge in [-0.3, -0.25) is 4.79 Å². The van der Waals surface area contributed by atoms with Crippen molar-refractivity contribution in [2.45, 2.75) is 52.0 Å². The van der Waals surface area contributed by atoms with Crippen LogP contribution >= 0.6 is 0 Å². The van der Waals surface area contributed by atoms with Crippen LogP contribution in [0.15, 0.2) is 23.3 Å². The predicted octanol–water partition coefficient (Wildman–Crippen LogP) is 3.42. The molecule has 2 rings (SSSR count). The summed E-state index contributed by atoms with van der Waals surface area (Å²) >= 11 is 0. The number of pyridine rings is 2. The molecule has 0 fully saturated rings. The molecule has 24 heavy (non-hydrogen) atoms. The van der Waals surface area contributed by atoms with E-state index >= 15 is 0 Å². The Morgan fingerprint density at radius 2 is 2.08 bits per heavy atom. The van der Waals surface area contributed by atoms with Gasteiger partial charge in [-0.05, 0) is 20.3 Å². The number of aromatic carboxylic acids is 1. The molecule has 0 saturated heterocycles. The Balaban J connectivity index is 2.71. The first-order valence-corrected chi connectivity index (χ1v) is 8.15. The summed E-state index contributed by atoms with van der Waals surface area (Å²) in [6.07, 6.45) is 6.96. The normalized spacial score (nSPS) is 11.7. The quantitative estimate of drug-likeness (QED) is 0.786. The van der Waals surface area contributed by atoms with Crippen molar-refractivity contribution in [2.24, 2.45) is 0 Å². The Bertz CT molecular complexity index is 809. The molecule has 6 nitrogen and oxygen atoms in total. The molecule has 2 aromatic heterocycles. The number of carbonyl (C=O) groups is 1. The topological polar surface area (TPSA) is 81.4 Å². The van der Waals surface area contributed by atoms with Crippen LogP contribution in [0.5, 0.6) is 5.88 Å². The van der Waals surface area contributed by atoms with E-state index in [9.17, 15) is 14.7 Å². The Kier molecular flexibility index (Phi) is 5.26. The van der Waals surface area contributed by atoms with Crippen molar-refractivity contribution in [2.75, 3.05) is 7.11 Å². The Morgan fingerprint density at radius 3 is 2.67 bits per heavy atom. The average Bonchev–Trinajstić information content (AvgIpc) is 2.54. The van der Waals surface area contributed by atoms with Gasteiger partial charge in [0.15, 0.2) is 0 Å². The van der Waals surface area contributed by atoms with Crippen molar-refractivity contribution in [3.8, 4) is 5.88 Å². The van der Waals surface area contributed by atoms with Gasteiger partial charge >= 0.3 is 5.97 Å². The third kappa shape index (κ3) is 3.42. The van der Waals surface area contributed by atoms with Gasteiger partial charge in [-0.1, -0.05) is 26.2 Å². The van der Waals surface area contributed by atoms with E-state index in [0.717, 1.165) is 25.7 Å². The van der Waals surface area contributed by atoms with Crippen LogP contribution < -0.4 is 10.2 Å². The molecule has 6 heteroatoms. The molecule has 0 aliphatic heterocycles. The second-order valence-electron chi connectivity index (χ2n) is 6.56. The molecule has 0 aliphatic rings. The first kappa shape index (κ1) is 18.0. The van der Waals surface area contributed by atoms with Gasteiger partial charge in [0.05, 0.1) is 18.0 Å². The number of ether oxygens (including phenoxy) is 1. The van der Waals surface area contributed by atoms with Crippen molar-refractivity contribution in [3.63, 3.8) is 0 Å². The van der Waals surface area contributed by atoms with Gasteiger partial charge in [-0.15, -0.1) is 0 Å². The fraction of sp³-hybridized carbons (Fsp3) is 0.500. The van der Waals surface area contributed by atoms with Crippen LogP contribution in [-0.4, -0.2) is 27.7 Å². The van der Waals surface area contributed by atoms with Gasteiger partial charge < -0.3 is 14.4 Å². The van der Waals surface area contributed by atoms with Gasteiger partial charge in [-0.2, -0.15) is 0 Å². The molecule has 0 aliphatic carbocycles. The number of unbranched alkanes of at least 4 members (excludes halogenated alkanes) is 2. The molecule has 1 N–H and O–H groups in total. The first-order valence-electron chi connectivity index (χ1n) is 8.15. The summed E-state index contributed by atoms with van der Waals surface area (Å²) in [6.45, 7) is 6.23. The third-order valence-corrected chi connectivity index (χ3v) is 4.35. The van der Waals surface area contributed by atoms with Gasteiger partial charge in [0.1, 0.15) is 5.56 Å². The molecule has 0 radical (unpaired) electrons. The average molecular weight is 332 g/mol. The first-order chi connectivity index (χ1) is 11.3. The zero-order valence-corrected chi connectivity index (χ0v) is 14.6. The van der Waals surface area contributed by atoms with Crippen LogP contribution in [0.3, 0.4) is 0 Å². The number of aromatic nitrogens is 2. The molecule has 0 unspecified atom stereocenters. The highest BCUT2D eigenvalue weighted by molar-refractivity contribution is 5.92. The van der Waals surface area contributed by atoms with Crippen molar-refractivity contribution >= 4 is 16.9 Å². The van der Waals surface area contributed by atoms with Crippen molar-refractivity contribution < 1.29 is 14.6 Å². The van der Waals surface area contributed by atoms with E-state index in [4.69, 9.17) is 4.74 Å². The van der Waals surface area contributed by atoms with Crippen LogP contribution in [0, 0.1) is 0 Å². The van der Waals surface area contributed by atoms with Crippen LogP contribution in [0.25, 0.3) is 10.9 Å². The standard InChI is InChI=1S/C18H24N2O4/c1-5-6-7-8-18(2,3)20-11-13(17(22)23)16(21)12-10-19-15(24-4)9-14(12)20/h9-11H,5-8H2,1-4H3,(H,22,23). The van der Waals surface area contributed by atoms with E-state index in [-0.39, 0.29) is 11.1 Å². The highest BCUT2D eigenvalue weighted by atomic mass is 16.5. The number of hydrogen-bond acceptors (Lipinski definition) is 4. The van der Waals surface area contributed by atoms with Gasteiger partial charge in [0, 0.05) is 24.0 Å². The summed E-state index contributed by atoms with van der Waals surface area (Å²) in [7, 11) is 1.51. The maximum absolute atomic E-state index is 12.4. The lowest BCUT2D eigenvalue weighted by Gasteiger charge is -2.30. The number of fused-ring (bicyclic) bond motifs is 1. The fourth-order valence-electron chi connectivity index (χ4n) is 2.90. The Hall–Kier alpha value is -2.37. The molecule has 0 amide bonds. The van der Waals surface area contributed by atoms with Crippen molar-refractivity contribution in [1.82, 2.24) is 9.55 Å². The smallest absolute Gasteiger partial charge is 0.341 e. The fourth-order valence-corrected chi connectivity index (χ4v) is 2.90. The number of hydrogen-bond donors (Lipinski definition) is 1. The van der Waals surface area contributed by atoms with Crippen molar-refractivity contribution in [3.05, 3.63) is 34.2 Å². The molecule has 0 spiro atoms. The largest absolute Gasteiger partial charge is 0.481 e. The summed E-state index contributed by atoms with van der Waals surface area (Å²) in [5, 5.41) is 9.66. The van der Waals surface area contributed by atoms with Gasteiger partial charge in [-0.25, -0.2) is 9.78 Å².